The number of aromatic nitrogens is 2. The molecule has 0 bridgehead atoms. The first-order valence-electron chi connectivity index (χ1n) is 7.81. The van der Waals surface area contributed by atoms with Crippen molar-refractivity contribution in [2.75, 3.05) is 13.7 Å². The van der Waals surface area contributed by atoms with Gasteiger partial charge in [-0.25, -0.2) is 5.43 Å². The molecule has 0 atom stereocenters. The number of methoxy groups -OCH3 is 1. The summed E-state index contributed by atoms with van der Waals surface area (Å²) in [5, 5.41) is 8.14. The predicted octanol–water partition coefficient (Wildman–Crippen LogP) is 0.523. The summed E-state index contributed by atoms with van der Waals surface area (Å²) in [4.78, 5) is 22.7. The zero-order chi connectivity index (χ0) is 19.1. The Balaban J connectivity index is 1.95. The molecule has 26 heavy (non-hydrogen) atoms. The van der Waals surface area contributed by atoms with Crippen molar-refractivity contribution in [1.82, 2.24) is 15.2 Å². The first-order chi connectivity index (χ1) is 12.4. The molecule has 0 saturated carbocycles. The number of nitrogens with two attached hydrogens (primary N) is 1. The van der Waals surface area contributed by atoms with E-state index >= 15 is 0 Å². The number of amides is 2. The Morgan fingerprint density at radius 3 is 2.69 bits per heavy atom. The number of nitrogens with zero attached hydrogens (tertiary/aromatic N) is 3. The van der Waals surface area contributed by atoms with E-state index in [1.54, 1.807) is 22.9 Å². The maximum Gasteiger partial charge on any atom is 0.261 e. The molecular formula is C17H21N5O4. The Morgan fingerprint density at radius 2 is 2.08 bits per heavy atom. The van der Waals surface area contributed by atoms with Gasteiger partial charge in [-0.1, -0.05) is 0 Å². The van der Waals surface area contributed by atoms with Gasteiger partial charge in [0.15, 0.2) is 18.1 Å². The Morgan fingerprint density at radius 1 is 1.31 bits per heavy atom. The molecule has 2 aromatic rings. The van der Waals surface area contributed by atoms with Crippen LogP contribution in [0.25, 0.3) is 0 Å². The van der Waals surface area contributed by atoms with E-state index in [1.165, 1.54) is 13.3 Å². The van der Waals surface area contributed by atoms with Crippen LogP contribution < -0.4 is 20.6 Å². The van der Waals surface area contributed by atoms with Gasteiger partial charge < -0.3 is 15.2 Å². The fourth-order valence-corrected chi connectivity index (χ4v) is 2.22. The highest BCUT2D eigenvalue weighted by Gasteiger charge is 2.08. The number of primary amides is 1. The van der Waals surface area contributed by atoms with Gasteiger partial charge in [0.05, 0.1) is 19.0 Å². The molecule has 0 aliphatic rings. The second-order valence-corrected chi connectivity index (χ2v) is 5.54. The van der Waals surface area contributed by atoms with Crippen LogP contribution in [0.3, 0.4) is 0 Å². The molecule has 1 heterocycles. The Kier molecular flexibility index (Phi) is 6.31. The zero-order valence-corrected chi connectivity index (χ0v) is 14.9. The number of carbonyl (C=O) groups excluding carboxylic acids is 2. The van der Waals surface area contributed by atoms with Crippen LogP contribution in [-0.4, -0.2) is 41.5 Å². The lowest BCUT2D eigenvalue weighted by atomic mass is 10.2. The van der Waals surface area contributed by atoms with Gasteiger partial charge in [0.25, 0.3) is 11.8 Å². The van der Waals surface area contributed by atoms with Crippen molar-refractivity contribution in [1.29, 1.82) is 0 Å². The van der Waals surface area contributed by atoms with Crippen molar-refractivity contribution in [2.45, 2.75) is 20.4 Å². The number of rotatable bonds is 8. The molecule has 0 saturated heterocycles. The third-order valence-electron chi connectivity index (χ3n) is 3.36. The van der Waals surface area contributed by atoms with E-state index in [2.05, 4.69) is 15.6 Å². The van der Waals surface area contributed by atoms with Crippen molar-refractivity contribution >= 4 is 18.0 Å². The van der Waals surface area contributed by atoms with E-state index < -0.39 is 5.91 Å². The highest BCUT2D eigenvalue weighted by Crippen LogP contribution is 2.27. The van der Waals surface area contributed by atoms with Gasteiger partial charge in [-0.15, -0.1) is 0 Å². The van der Waals surface area contributed by atoms with Crippen molar-refractivity contribution in [3.63, 3.8) is 0 Å². The standard InChI is InChI=1S/C17H21N5O4/c1-11-6-12(2)22(21-11)9-17(24)20-19-8-13-4-5-14(15(7-13)25-3)26-10-16(18)23/h4-8H,9-10H2,1-3H3,(H2,18,23)(H,20,24)/b19-8+. The molecule has 138 valence electrons. The van der Waals surface area contributed by atoms with Crippen LogP contribution in [0.1, 0.15) is 17.0 Å². The van der Waals surface area contributed by atoms with Crippen LogP contribution in [-0.2, 0) is 16.1 Å². The summed E-state index contributed by atoms with van der Waals surface area (Å²) in [5.74, 6) is -0.0648. The molecule has 1 aromatic carbocycles. The molecule has 0 radical (unpaired) electrons. The van der Waals surface area contributed by atoms with Crippen molar-refractivity contribution in [3.05, 3.63) is 41.2 Å². The fourth-order valence-electron chi connectivity index (χ4n) is 2.22. The van der Waals surface area contributed by atoms with E-state index in [0.29, 0.717) is 17.1 Å². The predicted molar refractivity (Wildman–Crippen MR) is 95.1 cm³/mol. The van der Waals surface area contributed by atoms with Crippen LogP contribution >= 0.6 is 0 Å². The van der Waals surface area contributed by atoms with E-state index in [9.17, 15) is 9.59 Å². The van der Waals surface area contributed by atoms with E-state index in [-0.39, 0.29) is 19.1 Å². The molecule has 9 heteroatoms. The lowest BCUT2D eigenvalue weighted by Gasteiger charge is -2.09. The smallest absolute Gasteiger partial charge is 0.261 e. The quantitative estimate of drug-likeness (QED) is 0.526. The maximum atomic E-state index is 11.9. The average Bonchev–Trinajstić information content (AvgIpc) is 2.90. The first kappa shape index (κ1) is 19.0. The SMILES string of the molecule is COc1cc(/C=N/NC(=O)Cn2nc(C)cc2C)ccc1OCC(N)=O. The summed E-state index contributed by atoms with van der Waals surface area (Å²) in [6, 6.07) is 6.88. The lowest BCUT2D eigenvalue weighted by molar-refractivity contribution is -0.122. The van der Waals surface area contributed by atoms with E-state index in [1.807, 2.05) is 19.9 Å². The molecule has 0 fully saturated rings. The third kappa shape index (κ3) is 5.33. The van der Waals surface area contributed by atoms with Crippen molar-refractivity contribution in [3.8, 4) is 11.5 Å². The Labute approximate surface area is 150 Å². The topological polar surface area (TPSA) is 121 Å². The molecule has 0 aliphatic carbocycles. The van der Waals surface area contributed by atoms with E-state index in [4.69, 9.17) is 15.2 Å². The van der Waals surface area contributed by atoms with Gasteiger partial charge in [0, 0.05) is 5.69 Å². The number of carbonyl (C=O) groups is 2. The largest absolute Gasteiger partial charge is 0.493 e. The molecular weight excluding hydrogens is 338 g/mol. The first-order valence-corrected chi connectivity index (χ1v) is 7.81. The molecule has 3 N–H and O–H groups in total. The Hall–Kier alpha value is -3.36. The van der Waals surface area contributed by atoms with Crippen molar-refractivity contribution < 1.29 is 19.1 Å². The van der Waals surface area contributed by atoms with Crippen LogP contribution in [0.2, 0.25) is 0 Å². The number of hydrogen-bond donors (Lipinski definition) is 2. The third-order valence-corrected chi connectivity index (χ3v) is 3.36. The van der Waals surface area contributed by atoms with E-state index in [0.717, 1.165) is 11.4 Å². The number of benzene rings is 1. The van der Waals surface area contributed by atoms with Crippen LogP contribution in [0.4, 0.5) is 0 Å². The Bertz CT molecular complexity index is 829. The number of aryl methyl sites for hydroxylation is 2. The van der Waals surface area contributed by atoms with Crippen molar-refractivity contribution in [2.24, 2.45) is 10.8 Å². The number of hydrogen-bond acceptors (Lipinski definition) is 6. The fraction of sp³-hybridized carbons (Fsp3) is 0.294. The second kappa shape index (κ2) is 8.65. The highest BCUT2D eigenvalue weighted by atomic mass is 16.5. The minimum Gasteiger partial charge on any atom is -0.493 e. The lowest BCUT2D eigenvalue weighted by Crippen LogP contribution is -2.24. The molecule has 1 aromatic heterocycles. The summed E-state index contributed by atoms with van der Waals surface area (Å²) in [6.07, 6.45) is 1.47. The van der Waals surface area contributed by atoms with Gasteiger partial charge in [0.1, 0.15) is 6.54 Å². The number of ether oxygens (including phenoxy) is 2. The monoisotopic (exact) mass is 359 g/mol. The maximum absolute atomic E-state index is 11.9. The number of nitrogens with one attached hydrogen (secondary N) is 1. The molecule has 9 nitrogen and oxygen atoms in total. The molecule has 0 unspecified atom stereocenters. The second-order valence-electron chi connectivity index (χ2n) is 5.54. The summed E-state index contributed by atoms with van der Waals surface area (Å²) >= 11 is 0. The zero-order valence-electron chi connectivity index (χ0n) is 14.9. The summed E-state index contributed by atoms with van der Waals surface area (Å²) < 4.78 is 12.1. The van der Waals surface area contributed by atoms with Crippen LogP contribution in [0.15, 0.2) is 29.4 Å². The molecule has 2 rings (SSSR count). The molecule has 0 spiro atoms. The summed E-state index contributed by atoms with van der Waals surface area (Å²) in [5.41, 5.74) is 9.93. The normalized spacial score (nSPS) is 10.7. The van der Waals surface area contributed by atoms with Gasteiger partial charge in [-0.05, 0) is 43.7 Å². The molecule has 2 amide bonds. The minimum absolute atomic E-state index is 0.0836. The van der Waals surface area contributed by atoms with Gasteiger partial charge in [-0.2, -0.15) is 10.2 Å². The van der Waals surface area contributed by atoms with Gasteiger partial charge >= 0.3 is 0 Å². The minimum atomic E-state index is -0.581. The molecule has 0 aliphatic heterocycles. The van der Waals surface area contributed by atoms with Gasteiger partial charge in [-0.3, -0.25) is 14.3 Å². The van der Waals surface area contributed by atoms with Crippen LogP contribution in [0, 0.1) is 13.8 Å². The summed E-state index contributed by atoms with van der Waals surface area (Å²) in [6.45, 7) is 3.58. The van der Waals surface area contributed by atoms with Crippen LogP contribution in [0.5, 0.6) is 11.5 Å². The summed E-state index contributed by atoms with van der Waals surface area (Å²) in [7, 11) is 1.48. The highest BCUT2D eigenvalue weighted by molar-refractivity contribution is 5.83. The van der Waals surface area contributed by atoms with Gasteiger partial charge in [0.2, 0.25) is 0 Å². The number of hydrazone groups is 1. The average molecular weight is 359 g/mol.